The largest absolute Gasteiger partial charge is 0.496 e. The molecule has 3 N–H and O–H groups in total. The van der Waals surface area contributed by atoms with Crippen LogP contribution in [0, 0.1) is 18.6 Å². The summed E-state index contributed by atoms with van der Waals surface area (Å²) >= 11 is 6.45. The summed E-state index contributed by atoms with van der Waals surface area (Å²) < 4.78 is 45.7. The van der Waals surface area contributed by atoms with E-state index in [-0.39, 0.29) is 58.1 Å². The molecule has 0 aliphatic carbocycles. The average molecular weight is 536 g/mol. The van der Waals surface area contributed by atoms with Gasteiger partial charge in [-0.25, -0.2) is 27.9 Å². The minimum absolute atomic E-state index is 0.00186. The Morgan fingerprint density at radius 3 is 2.57 bits per heavy atom. The standard InChI is InChI=1S/C24H20ClF2N3O7/c1-11-7-15(23(32)33)28-22-21(11)29-24(34)30(22)16-9-19(18(8-13(16)25)36-6-5-31)37-10-12-17(35-2)4-3-14(26)20(12)27/h3-4,7-9,31H,5-6,10H2,1-2H3,(H,29,34)(H,32,33). The van der Waals surface area contributed by atoms with Crippen LogP contribution in [0.2, 0.25) is 5.02 Å². The Hall–Kier alpha value is -4.16. The molecule has 37 heavy (non-hydrogen) atoms. The van der Waals surface area contributed by atoms with Gasteiger partial charge in [-0.3, -0.25) is 0 Å². The average Bonchev–Trinajstić information content (AvgIpc) is 3.20. The second kappa shape index (κ2) is 10.4. The molecule has 13 heteroatoms. The molecule has 0 fully saturated rings. The van der Waals surface area contributed by atoms with Gasteiger partial charge in [0, 0.05) is 12.1 Å². The number of aliphatic hydroxyl groups excluding tert-OH is 1. The van der Waals surface area contributed by atoms with Gasteiger partial charge >= 0.3 is 11.7 Å². The number of carboxylic acids is 1. The lowest BCUT2D eigenvalue weighted by Crippen LogP contribution is -2.16. The number of imidazole rings is 1. The molecule has 2 aromatic carbocycles. The number of nitrogens with zero attached hydrogens (tertiary/aromatic N) is 2. The Morgan fingerprint density at radius 1 is 1.16 bits per heavy atom. The van der Waals surface area contributed by atoms with Gasteiger partial charge in [0.1, 0.15) is 19.0 Å². The Kier molecular flexibility index (Phi) is 7.32. The first-order chi connectivity index (χ1) is 17.7. The summed E-state index contributed by atoms with van der Waals surface area (Å²) in [6, 6.07) is 6.08. The van der Waals surface area contributed by atoms with Crippen LogP contribution in [0.3, 0.4) is 0 Å². The third kappa shape index (κ3) is 4.93. The number of aliphatic hydroxyl groups is 1. The van der Waals surface area contributed by atoms with Crippen molar-refractivity contribution in [2.45, 2.75) is 13.5 Å². The number of aromatic amines is 1. The van der Waals surface area contributed by atoms with Crippen molar-refractivity contribution in [1.82, 2.24) is 14.5 Å². The number of aromatic nitrogens is 3. The van der Waals surface area contributed by atoms with Crippen molar-refractivity contribution in [3.8, 4) is 22.9 Å². The number of ether oxygens (including phenoxy) is 3. The van der Waals surface area contributed by atoms with Crippen LogP contribution >= 0.6 is 11.6 Å². The van der Waals surface area contributed by atoms with Gasteiger partial charge in [-0.1, -0.05) is 11.6 Å². The molecule has 2 heterocycles. The molecule has 4 rings (SSSR count). The molecule has 0 saturated carbocycles. The molecule has 2 aromatic heterocycles. The van der Waals surface area contributed by atoms with E-state index in [1.165, 1.54) is 31.4 Å². The van der Waals surface area contributed by atoms with E-state index in [0.29, 0.717) is 11.1 Å². The number of methoxy groups -OCH3 is 1. The van der Waals surface area contributed by atoms with Gasteiger partial charge in [0.2, 0.25) is 0 Å². The van der Waals surface area contributed by atoms with Gasteiger partial charge in [-0.15, -0.1) is 0 Å². The fraction of sp³-hybridized carbons (Fsp3) is 0.208. The van der Waals surface area contributed by atoms with Crippen LogP contribution < -0.4 is 19.9 Å². The number of H-pyrrole nitrogens is 1. The minimum atomic E-state index is -1.29. The first kappa shape index (κ1) is 25.9. The van der Waals surface area contributed by atoms with Crippen LogP contribution in [-0.4, -0.2) is 51.0 Å². The summed E-state index contributed by atoms with van der Waals surface area (Å²) in [5.74, 6) is -3.51. The van der Waals surface area contributed by atoms with Gasteiger partial charge in [0.25, 0.3) is 0 Å². The number of aromatic carboxylic acids is 1. The summed E-state index contributed by atoms with van der Waals surface area (Å²) in [6.45, 7) is 0.639. The molecule has 194 valence electrons. The molecular formula is C24H20ClF2N3O7. The van der Waals surface area contributed by atoms with Crippen LogP contribution in [0.4, 0.5) is 8.78 Å². The second-order valence-corrected chi connectivity index (χ2v) is 8.15. The number of benzene rings is 2. The van der Waals surface area contributed by atoms with E-state index in [4.69, 9.17) is 25.8 Å². The quantitative estimate of drug-likeness (QED) is 0.296. The summed E-state index contributed by atoms with van der Waals surface area (Å²) in [4.78, 5) is 31.1. The van der Waals surface area contributed by atoms with Crippen LogP contribution in [0.15, 0.2) is 35.1 Å². The lowest BCUT2D eigenvalue weighted by molar-refractivity contribution is 0.0690. The first-order valence-corrected chi connectivity index (χ1v) is 11.1. The van der Waals surface area contributed by atoms with E-state index in [0.717, 1.165) is 10.6 Å². The normalized spacial score (nSPS) is 11.1. The molecule has 0 aliphatic heterocycles. The van der Waals surface area contributed by atoms with Crippen LogP contribution in [0.5, 0.6) is 17.2 Å². The fourth-order valence-electron chi connectivity index (χ4n) is 3.69. The van der Waals surface area contributed by atoms with Crippen LogP contribution in [0.1, 0.15) is 21.6 Å². The topological polar surface area (TPSA) is 136 Å². The highest BCUT2D eigenvalue weighted by Crippen LogP contribution is 2.37. The Balaban J connectivity index is 1.86. The van der Waals surface area contributed by atoms with Crippen molar-refractivity contribution in [3.63, 3.8) is 0 Å². The number of fused-ring (bicyclic) bond motifs is 1. The molecule has 4 aromatic rings. The van der Waals surface area contributed by atoms with E-state index in [1.807, 2.05) is 0 Å². The number of carbonyl (C=O) groups is 1. The van der Waals surface area contributed by atoms with Gasteiger partial charge in [0.15, 0.2) is 34.5 Å². The Bertz CT molecular complexity index is 1570. The number of hydrogen-bond donors (Lipinski definition) is 3. The number of aryl methyl sites for hydroxylation is 1. The monoisotopic (exact) mass is 535 g/mol. The van der Waals surface area contributed by atoms with Gasteiger partial charge in [-0.2, -0.15) is 0 Å². The summed E-state index contributed by atoms with van der Waals surface area (Å²) in [6.07, 6.45) is 0. The van der Waals surface area contributed by atoms with Gasteiger partial charge in [-0.05, 0) is 30.7 Å². The van der Waals surface area contributed by atoms with Crippen LogP contribution in [-0.2, 0) is 6.61 Å². The number of pyridine rings is 1. The second-order valence-electron chi connectivity index (χ2n) is 7.75. The Labute approximate surface area is 212 Å². The van der Waals surface area contributed by atoms with Crippen molar-refractivity contribution in [2.75, 3.05) is 20.3 Å². The van der Waals surface area contributed by atoms with E-state index < -0.39 is 29.9 Å². The third-order valence-electron chi connectivity index (χ3n) is 5.41. The number of carboxylic acid groups (broad SMARTS) is 1. The molecule has 0 aliphatic rings. The Morgan fingerprint density at radius 2 is 1.89 bits per heavy atom. The minimum Gasteiger partial charge on any atom is -0.496 e. The number of halogens is 3. The lowest BCUT2D eigenvalue weighted by Gasteiger charge is -2.17. The van der Waals surface area contributed by atoms with E-state index >= 15 is 0 Å². The van der Waals surface area contributed by atoms with Crippen molar-refractivity contribution >= 4 is 28.7 Å². The maximum absolute atomic E-state index is 14.5. The molecule has 0 radical (unpaired) electrons. The van der Waals surface area contributed by atoms with E-state index in [9.17, 15) is 28.6 Å². The smallest absolute Gasteiger partial charge is 0.354 e. The summed E-state index contributed by atoms with van der Waals surface area (Å²) in [7, 11) is 1.29. The highest BCUT2D eigenvalue weighted by molar-refractivity contribution is 6.32. The highest BCUT2D eigenvalue weighted by Gasteiger charge is 2.22. The molecule has 0 amide bonds. The van der Waals surface area contributed by atoms with Gasteiger partial charge < -0.3 is 29.4 Å². The molecule has 0 bridgehead atoms. The first-order valence-electron chi connectivity index (χ1n) is 10.7. The summed E-state index contributed by atoms with van der Waals surface area (Å²) in [5.41, 5.74) is -0.366. The maximum Gasteiger partial charge on any atom is 0.354 e. The highest BCUT2D eigenvalue weighted by atomic mass is 35.5. The number of nitrogens with one attached hydrogen (secondary N) is 1. The molecule has 0 unspecified atom stereocenters. The lowest BCUT2D eigenvalue weighted by atomic mass is 10.2. The predicted molar refractivity (Wildman–Crippen MR) is 128 cm³/mol. The van der Waals surface area contributed by atoms with Crippen molar-refractivity contribution in [2.24, 2.45) is 0 Å². The number of hydrogen-bond acceptors (Lipinski definition) is 7. The zero-order valence-electron chi connectivity index (χ0n) is 19.5. The van der Waals surface area contributed by atoms with E-state index in [1.54, 1.807) is 6.92 Å². The van der Waals surface area contributed by atoms with E-state index in [2.05, 4.69) is 9.97 Å². The molecule has 0 spiro atoms. The SMILES string of the molecule is COc1ccc(F)c(F)c1COc1cc(-n2c(=O)[nH]c3c(C)cc(C(=O)O)nc32)c(Cl)cc1OCCO. The van der Waals surface area contributed by atoms with Crippen molar-refractivity contribution in [3.05, 3.63) is 74.3 Å². The maximum atomic E-state index is 14.5. The van der Waals surface area contributed by atoms with Crippen molar-refractivity contribution in [1.29, 1.82) is 0 Å². The van der Waals surface area contributed by atoms with Gasteiger partial charge in [0.05, 0.1) is 35.5 Å². The molecule has 10 nitrogen and oxygen atoms in total. The third-order valence-corrected chi connectivity index (χ3v) is 5.71. The van der Waals surface area contributed by atoms with Crippen LogP contribution in [0.25, 0.3) is 16.9 Å². The molecular weight excluding hydrogens is 516 g/mol. The zero-order valence-corrected chi connectivity index (χ0v) is 20.2. The summed E-state index contributed by atoms with van der Waals surface area (Å²) in [5, 5.41) is 18.6. The van der Waals surface area contributed by atoms with Crippen molar-refractivity contribution < 1.29 is 38.0 Å². The fourth-order valence-corrected chi connectivity index (χ4v) is 3.93. The molecule has 0 saturated heterocycles. The number of rotatable bonds is 9. The predicted octanol–water partition coefficient (Wildman–Crippen LogP) is 3.61. The zero-order chi connectivity index (χ0) is 26.9. The molecule has 0 atom stereocenters.